The maximum absolute atomic E-state index is 13.3. The Morgan fingerprint density at radius 3 is 2.39 bits per heavy atom. The summed E-state index contributed by atoms with van der Waals surface area (Å²) in [4.78, 5) is 22.0. The Morgan fingerprint density at radius 2 is 1.88 bits per heavy atom. The van der Waals surface area contributed by atoms with Gasteiger partial charge in [-0.25, -0.2) is 13.4 Å². The van der Waals surface area contributed by atoms with Gasteiger partial charge in [-0.2, -0.15) is 0 Å². The zero-order valence-corrected chi connectivity index (χ0v) is 20.9. The molecule has 0 saturated heterocycles. The molecule has 1 aromatic carbocycles. The summed E-state index contributed by atoms with van der Waals surface area (Å²) < 4.78 is 34.6. The lowest BCUT2D eigenvalue weighted by molar-refractivity contribution is -0.204. The molecule has 1 aliphatic rings. The van der Waals surface area contributed by atoms with Crippen molar-refractivity contribution < 1.29 is 22.7 Å². The molecule has 0 unspecified atom stereocenters. The van der Waals surface area contributed by atoms with Gasteiger partial charge in [0.2, 0.25) is 11.7 Å². The molecule has 33 heavy (non-hydrogen) atoms. The van der Waals surface area contributed by atoms with Crippen LogP contribution in [0.15, 0.2) is 35.5 Å². The fourth-order valence-electron chi connectivity index (χ4n) is 4.14. The highest BCUT2D eigenvalue weighted by molar-refractivity contribution is 7.90. The van der Waals surface area contributed by atoms with Crippen LogP contribution in [0.25, 0.3) is 0 Å². The standard InChI is InChI=1S/C23H30ClN3O5S/c1-23(31-2,32-3)20-13-26-21(14-25-20)27-22(28)17(11-15-7-5-6-8-15)16-9-10-19(18(24)12-16)33(4,29)30/h9-10,12-15,17H,5-8,11H2,1-4H3,(H,26,27,28)/t17-/m1/s1. The third kappa shape index (κ3) is 6.09. The first kappa shape index (κ1) is 25.6. The molecule has 0 aliphatic heterocycles. The van der Waals surface area contributed by atoms with Gasteiger partial charge in [0.1, 0.15) is 5.69 Å². The summed E-state index contributed by atoms with van der Waals surface area (Å²) in [6.07, 6.45) is 9.14. The zero-order chi connectivity index (χ0) is 24.2. The first-order valence-corrected chi connectivity index (χ1v) is 13.1. The molecule has 2 aromatic rings. The molecule has 0 spiro atoms. The predicted octanol–water partition coefficient (Wildman–Crippen LogP) is 4.30. The van der Waals surface area contributed by atoms with E-state index in [0.717, 1.165) is 31.9 Å². The topological polar surface area (TPSA) is 107 Å². The van der Waals surface area contributed by atoms with Gasteiger partial charge in [0.05, 0.1) is 28.2 Å². The van der Waals surface area contributed by atoms with Crippen molar-refractivity contribution in [3.63, 3.8) is 0 Å². The third-order valence-corrected chi connectivity index (χ3v) is 7.85. The highest BCUT2D eigenvalue weighted by Crippen LogP contribution is 2.36. The summed E-state index contributed by atoms with van der Waals surface area (Å²) in [7, 11) is -0.442. The summed E-state index contributed by atoms with van der Waals surface area (Å²) in [5, 5.41) is 2.95. The van der Waals surface area contributed by atoms with Gasteiger partial charge in [-0.1, -0.05) is 43.4 Å². The molecule has 1 N–H and O–H groups in total. The first-order chi connectivity index (χ1) is 15.6. The summed E-state index contributed by atoms with van der Waals surface area (Å²) in [6, 6.07) is 4.71. The van der Waals surface area contributed by atoms with Crippen molar-refractivity contribution >= 4 is 33.2 Å². The minimum Gasteiger partial charge on any atom is -0.348 e. The van der Waals surface area contributed by atoms with E-state index in [-0.39, 0.29) is 15.8 Å². The monoisotopic (exact) mass is 495 g/mol. The second-order valence-electron chi connectivity index (χ2n) is 8.53. The summed E-state index contributed by atoms with van der Waals surface area (Å²) in [6.45, 7) is 1.72. The number of aromatic nitrogens is 2. The fraction of sp³-hybridized carbons (Fsp3) is 0.522. The zero-order valence-electron chi connectivity index (χ0n) is 19.3. The molecular weight excluding hydrogens is 466 g/mol. The largest absolute Gasteiger partial charge is 0.348 e. The molecule has 3 rings (SSSR count). The summed E-state index contributed by atoms with van der Waals surface area (Å²) in [5.74, 6) is -1.06. The van der Waals surface area contributed by atoms with Crippen LogP contribution in [0, 0.1) is 5.92 Å². The summed E-state index contributed by atoms with van der Waals surface area (Å²) >= 11 is 6.27. The van der Waals surface area contributed by atoms with Crippen LogP contribution in [-0.4, -0.2) is 44.8 Å². The van der Waals surface area contributed by atoms with Gasteiger partial charge in [-0.05, 0) is 37.0 Å². The van der Waals surface area contributed by atoms with Gasteiger partial charge in [0.15, 0.2) is 15.7 Å². The van der Waals surface area contributed by atoms with E-state index in [1.807, 2.05) is 0 Å². The number of nitrogens with zero attached hydrogens (tertiary/aromatic N) is 2. The Morgan fingerprint density at radius 1 is 1.21 bits per heavy atom. The average molecular weight is 496 g/mol. The summed E-state index contributed by atoms with van der Waals surface area (Å²) in [5.41, 5.74) is 1.14. The number of carbonyl (C=O) groups excluding carboxylic acids is 1. The van der Waals surface area contributed by atoms with Gasteiger partial charge >= 0.3 is 0 Å². The Bertz CT molecular complexity index is 1080. The van der Waals surface area contributed by atoms with E-state index in [1.54, 1.807) is 19.1 Å². The molecule has 8 nitrogen and oxygen atoms in total. The number of amides is 1. The normalized spacial score (nSPS) is 16.0. The molecule has 1 aromatic heterocycles. The predicted molar refractivity (Wildman–Crippen MR) is 126 cm³/mol. The Labute approximate surface area is 200 Å². The lowest BCUT2D eigenvalue weighted by Gasteiger charge is -2.25. The quantitative estimate of drug-likeness (QED) is 0.516. The van der Waals surface area contributed by atoms with Gasteiger partial charge in [0.25, 0.3) is 0 Å². The molecule has 1 saturated carbocycles. The van der Waals surface area contributed by atoms with Crippen molar-refractivity contribution in [1.29, 1.82) is 0 Å². The van der Waals surface area contributed by atoms with Gasteiger partial charge in [-0.3, -0.25) is 9.78 Å². The van der Waals surface area contributed by atoms with Crippen LogP contribution in [0.1, 0.15) is 56.2 Å². The molecule has 0 bridgehead atoms. The van der Waals surface area contributed by atoms with Crippen molar-refractivity contribution in [3.8, 4) is 0 Å². The van der Waals surface area contributed by atoms with Crippen LogP contribution in [0.5, 0.6) is 0 Å². The molecule has 1 fully saturated rings. The van der Waals surface area contributed by atoms with Crippen LogP contribution >= 0.6 is 11.6 Å². The van der Waals surface area contributed by atoms with Gasteiger partial charge in [-0.15, -0.1) is 0 Å². The van der Waals surface area contributed by atoms with Gasteiger partial charge < -0.3 is 14.8 Å². The lowest BCUT2D eigenvalue weighted by atomic mass is 9.87. The van der Waals surface area contributed by atoms with Crippen LogP contribution < -0.4 is 5.32 Å². The molecule has 1 aliphatic carbocycles. The number of halogens is 1. The van der Waals surface area contributed by atoms with E-state index >= 15 is 0 Å². The minimum absolute atomic E-state index is 0.0498. The number of carbonyl (C=O) groups is 1. The number of sulfone groups is 1. The van der Waals surface area contributed by atoms with Crippen molar-refractivity contribution in [2.75, 3.05) is 25.8 Å². The van der Waals surface area contributed by atoms with E-state index in [0.29, 0.717) is 29.4 Å². The SMILES string of the molecule is COC(C)(OC)c1cnc(NC(=O)[C@H](CC2CCCC2)c2ccc(S(C)(=O)=O)c(Cl)c2)cn1. The van der Waals surface area contributed by atoms with Crippen molar-refractivity contribution in [2.45, 2.75) is 55.6 Å². The Hall–Kier alpha value is -2.07. The van der Waals surface area contributed by atoms with Crippen LogP contribution in [-0.2, 0) is 29.9 Å². The maximum Gasteiger partial charge on any atom is 0.233 e. The molecule has 1 amide bonds. The number of ether oxygens (including phenoxy) is 2. The second kappa shape index (κ2) is 10.5. The molecule has 1 heterocycles. The van der Waals surface area contributed by atoms with E-state index in [1.165, 1.54) is 32.7 Å². The van der Waals surface area contributed by atoms with Crippen molar-refractivity contribution in [3.05, 3.63) is 46.9 Å². The number of hydrogen-bond donors (Lipinski definition) is 1. The minimum atomic E-state index is -3.46. The Balaban J connectivity index is 1.85. The first-order valence-electron chi connectivity index (χ1n) is 10.8. The van der Waals surface area contributed by atoms with E-state index in [9.17, 15) is 13.2 Å². The second-order valence-corrected chi connectivity index (χ2v) is 10.9. The molecule has 1 atom stereocenters. The van der Waals surface area contributed by atoms with Crippen molar-refractivity contribution in [2.24, 2.45) is 5.92 Å². The maximum atomic E-state index is 13.3. The van der Waals surface area contributed by atoms with Crippen molar-refractivity contribution in [1.82, 2.24) is 9.97 Å². The molecule has 180 valence electrons. The van der Waals surface area contributed by atoms with Crippen LogP contribution in [0.4, 0.5) is 5.82 Å². The molecule has 0 radical (unpaired) electrons. The molecular formula is C23H30ClN3O5S. The highest BCUT2D eigenvalue weighted by Gasteiger charge is 2.30. The number of nitrogens with one attached hydrogen (secondary N) is 1. The van der Waals surface area contributed by atoms with Crippen LogP contribution in [0.3, 0.4) is 0 Å². The number of rotatable bonds is 9. The van der Waals surface area contributed by atoms with Crippen LogP contribution in [0.2, 0.25) is 5.02 Å². The average Bonchev–Trinajstić information content (AvgIpc) is 3.29. The number of methoxy groups -OCH3 is 2. The lowest BCUT2D eigenvalue weighted by Crippen LogP contribution is -2.28. The smallest absolute Gasteiger partial charge is 0.233 e. The highest BCUT2D eigenvalue weighted by atomic mass is 35.5. The van der Waals surface area contributed by atoms with E-state index < -0.39 is 21.5 Å². The number of hydrogen-bond acceptors (Lipinski definition) is 7. The van der Waals surface area contributed by atoms with E-state index in [2.05, 4.69) is 15.3 Å². The Kier molecular flexibility index (Phi) is 8.10. The van der Waals surface area contributed by atoms with E-state index in [4.69, 9.17) is 21.1 Å². The fourth-order valence-corrected chi connectivity index (χ4v) is 5.48. The third-order valence-electron chi connectivity index (χ3n) is 6.27. The number of anilines is 1. The van der Waals surface area contributed by atoms with Gasteiger partial charge in [0, 0.05) is 20.5 Å². The number of benzene rings is 1. The molecule has 10 heteroatoms.